The molecule has 0 radical (unpaired) electrons. The lowest BCUT2D eigenvalue weighted by Gasteiger charge is -2.51. The van der Waals surface area contributed by atoms with Crippen molar-refractivity contribution in [1.82, 2.24) is 15.5 Å². The van der Waals surface area contributed by atoms with Gasteiger partial charge in [0, 0.05) is 26.7 Å². The van der Waals surface area contributed by atoms with Gasteiger partial charge in [0.2, 0.25) is 0 Å². The van der Waals surface area contributed by atoms with Gasteiger partial charge in [0.05, 0.1) is 82.5 Å². The quantitative estimate of drug-likeness (QED) is 0.0193. The van der Waals surface area contributed by atoms with Crippen LogP contribution in [0.2, 0.25) is 0 Å². The highest BCUT2D eigenvalue weighted by Crippen LogP contribution is 2.38. The molecule has 0 unspecified atom stereocenters. The number of azide groups is 4. The maximum absolute atomic E-state index is 16.6. The molecule has 3 amide bonds. The monoisotopic (exact) mass is 1330 g/mol. The van der Waals surface area contributed by atoms with Crippen LogP contribution in [0, 0.1) is 0 Å². The highest BCUT2D eigenvalue weighted by atomic mass is 19.1. The average molecular weight is 1330 g/mol. The maximum atomic E-state index is 16.6. The number of hydrogen-bond donors (Lipinski definition) is 7. The molecule has 8 rings (SSSR count). The summed E-state index contributed by atoms with van der Waals surface area (Å²) in [5, 5.41) is 78.1. The molecule has 3 heterocycles. The molecule has 1 aliphatic carbocycles. The molecule has 0 aromatic heterocycles. The van der Waals surface area contributed by atoms with Crippen LogP contribution in [-0.4, -0.2) is 211 Å². The predicted octanol–water partition coefficient (Wildman–Crippen LogP) is 5.48. The summed E-state index contributed by atoms with van der Waals surface area (Å²) in [4.78, 5) is 55.7. The lowest BCUT2D eigenvalue weighted by atomic mass is 9.80. The van der Waals surface area contributed by atoms with E-state index in [0.717, 1.165) is 0 Å². The van der Waals surface area contributed by atoms with Crippen molar-refractivity contribution in [1.29, 1.82) is 0 Å². The average Bonchev–Trinajstić information content (AvgIpc) is 1.62. The van der Waals surface area contributed by atoms with Gasteiger partial charge in [-0.05, 0) is 76.3 Å². The van der Waals surface area contributed by atoms with E-state index in [1.54, 1.807) is 122 Å². The highest BCUT2D eigenvalue weighted by Gasteiger charge is 2.59. The van der Waals surface area contributed by atoms with E-state index < -0.39 is 173 Å². The summed E-state index contributed by atoms with van der Waals surface area (Å²) in [6.45, 7) is -1.95. The summed E-state index contributed by atoms with van der Waals surface area (Å²) in [7, 11) is 2.93. The van der Waals surface area contributed by atoms with E-state index in [1.807, 2.05) is 0 Å². The normalized spacial score (nSPS) is 29.6. The Morgan fingerprint density at radius 3 is 1.83 bits per heavy atom. The van der Waals surface area contributed by atoms with Crippen molar-refractivity contribution in [3.63, 3.8) is 0 Å². The summed E-state index contributed by atoms with van der Waals surface area (Å²) >= 11 is 0. The number of amides is 3. The molecule has 21 atom stereocenters. The number of benzene rings is 4. The summed E-state index contributed by atoms with van der Waals surface area (Å²) in [6, 6.07) is 24.7. The van der Waals surface area contributed by atoms with Crippen molar-refractivity contribution >= 4 is 18.1 Å². The van der Waals surface area contributed by atoms with Gasteiger partial charge < -0.3 is 93.2 Å². The third kappa shape index (κ3) is 19.1. The van der Waals surface area contributed by atoms with Gasteiger partial charge in [0.25, 0.3) is 5.91 Å². The minimum Gasteiger partial charge on any atom is -0.497 e. The van der Waals surface area contributed by atoms with Crippen LogP contribution < -0.4 is 15.4 Å². The van der Waals surface area contributed by atoms with Crippen LogP contribution in [0.15, 0.2) is 136 Å². The standard InChI is InChI=1S/C60H74FN15O19/c1-32(76(2)60(84)89-31-35-17-11-6-12-18-35)40-24-23-39(70-74-64)56(90-40)94-53-45(69-59(83)88-30-34-15-9-5-10-16-34)52(87-28-33-13-7-4-8-14-33)43(68-55(82)50(38(61)25-66-72-62)86-29-36-19-21-37(85-3)22-20-36)48(80)54(53)95-58-49(81)51(42(27-77)92-58)93-57-44(71-75-65)47(79)46(78)41(91-57)26-67-73-63/h4-22,32,38-54,56-58,77-81H,23-31H2,1-3H3,(H,68,82)(H,69,83)/t32-,38+,39-,40-,41-,42+,43-,44+,45-,46+,47+,48-,49+,50-,51+,52+,53+,54+,56+,57+,58-/m0/s1. The van der Waals surface area contributed by atoms with E-state index in [2.05, 4.69) is 50.7 Å². The Morgan fingerprint density at radius 1 is 0.632 bits per heavy atom. The van der Waals surface area contributed by atoms with Gasteiger partial charge in [-0.1, -0.05) is 124 Å². The molecule has 4 aliphatic rings. The molecular formula is C60H74FN15O19. The second-order valence-electron chi connectivity index (χ2n) is 22.5. The number of aliphatic hydroxyl groups is 5. The highest BCUT2D eigenvalue weighted by molar-refractivity contribution is 5.82. The molecule has 510 valence electrons. The van der Waals surface area contributed by atoms with E-state index >= 15 is 9.18 Å². The van der Waals surface area contributed by atoms with E-state index in [-0.39, 0.29) is 32.7 Å². The van der Waals surface area contributed by atoms with Gasteiger partial charge in [0.15, 0.2) is 25.0 Å². The SMILES string of the molecule is COc1ccc(CO[C@H](C(=O)N[C@H]2[C@H](O)[C@@H](O[C@@H]3O[C@H](CO)[C@@H](O[C@H]4O[C@@H](CN=[N+]=[N-])[C@@H](O)[C@H](O)[C@H]4N=[N+]=[N-])[C@H]3O)[C@H](O[C@H]3O[C@H]([C@H](C)N(C)C(=O)OCc4ccccc4)CC[C@@H]3N=[N+]=[N-])[C@@H](NC(=O)OCc3ccccc3)[C@@H]2OCc2ccccc2)[C@H](F)CN=[N+]=[N-])cc1. The predicted molar refractivity (Wildman–Crippen MR) is 326 cm³/mol. The molecule has 3 aliphatic heterocycles. The third-order valence-electron chi connectivity index (χ3n) is 16.4. The Kier molecular flexibility index (Phi) is 27.1. The molecule has 4 fully saturated rings. The Balaban J connectivity index is 1.22. The first-order valence-electron chi connectivity index (χ1n) is 30.1. The van der Waals surface area contributed by atoms with E-state index in [1.165, 1.54) is 19.1 Å². The first-order chi connectivity index (χ1) is 46.0. The van der Waals surface area contributed by atoms with Crippen LogP contribution in [0.25, 0.3) is 41.8 Å². The fraction of sp³-hybridized carbons (Fsp3) is 0.550. The third-order valence-corrected chi connectivity index (χ3v) is 16.4. The number of ether oxygens (including phenoxy) is 11. The number of nitrogens with zero attached hydrogens (tertiary/aromatic N) is 13. The van der Waals surface area contributed by atoms with Crippen molar-refractivity contribution in [2.45, 2.75) is 175 Å². The second kappa shape index (κ2) is 35.7. The number of aliphatic hydroxyl groups excluding tert-OH is 5. The number of halogens is 1. The van der Waals surface area contributed by atoms with Gasteiger partial charge in [-0.2, -0.15) is 0 Å². The zero-order valence-corrected chi connectivity index (χ0v) is 51.6. The first-order valence-corrected chi connectivity index (χ1v) is 30.1. The molecule has 4 aromatic rings. The number of alkyl halides is 1. The van der Waals surface area contributed by atoms with Crippen LogP contribution in [-0.2, 0) is 78.6 Å². The zero-order valence-electron chi connectivity index (χ0n) is 51.6. The maximum Gasteiger partial charge on any atom is 0.410 e. The van der Waals surface area contributed by atoms with Crippen LogP contribution in [0.5, 0.6) is 5.75 Å². The molecule has 0 spiro atoms. The van der Waals surface area contributed by atoms with Crippen LogP contribution in [0.1, 0.15) is 42.0 Å². The van der Waals surface area contributed by atoms with Crippen molar-refractivity contribution < 1.29 is 96.4 Å². The number of carbonyl (C=O) groups is 3. The number of hydrogen-bond acceptors (Lipinski definition) is 23. The van der Waals surface area contributed by atoms with Crippen molar-refractivity contribution in [2.75, 3.05) is 33.9 Å². The number of likely N-dealkylation sites (N-methyl/N-ethyl adjacent to an activating group) is 1. The Bertz CT molecular complexity index is 3310. The van der Waals surface area contributed by atoms with Gasteiger partial charge in [-0.3, -0.25) is 4.79 Å². The first kappa shape index (κ1) is 72.2. The molecule has 7 N–H and O–H groups in total. The second-order valence-corrected chi connectivity index (χ2v) is 22.5. The van der Waals surface area contributed by atoms with Gasteiger partial charge in [0.1, 0.15) is 80.0 Å². The molecule has 95 heavy (non-hydrogen) atoms. The summed E-state index contributed by atoms with van der Waals surface area (Å²) in [6.07, 6.45) is -31.5. The number of nitrogens with one attached hydrogen (secondary N) is 2. The Morgan fingerprint density at radius 2 is 1.22 bits per heavy atom. The topological polar surface area (TPSA) is 476 Å². The molecule has 3 saturated heterocycles. The van der Waals surface area contributed by atoms with Crippen LogP contribution in [0.4, 0.5) is 14.0 Å². The lowest BCUT2D eigenvalue weighted by molar-refractivity contribution is -0.303. The minimum atomic E-state index is -2.36. The fourth-order valence-corrected chi connectivity index (χ4v) is 11.2. The van der Waals surface area contributed by atoms with Gasteiger partial charge in [-0.15, -0.1) is 0 Å². The molecule has 34 nitrogen and oxygen atoms in total. The molecule has 4 aromatic carbocycles. The minimum absolute atomic E-state index is 0.0244. The molecule has 1 saturated carbocycles. The fourth-order valence-electron chi connectivity index (χ4n) is 11.2. The summed E-state index contributed by atoms with van der Waals surface area (Å²) < 4.78 is 84.1. The largest absolute Gasteiger partial charge is 0.497 e. The molecular weight excluding hydrogens is 1250 g/mol. The Labute approximate surface area is 542 Å². The number of methoxy groups -OCH3 is 1. The van der Waals surface area contributed by atoms with E-state index in [9.17, 15) is 51.7 Å². The number of carbonyl (C=O) groups excluding carboxylic acids is 3. The Hall–Kier alpha value is -8.66. The molecule has 0 bridgehead atoms. The van der Waals surface area contributed by atoms with Crippen LogP contribution in [0.3, 0.4) is 0 Å². The summed E-state index contributed by atoms with van der Waals surface area (Å²) in [5.41, 5.74) is 40.1. The summed E-state index contributed by atoms with van der Waals surface area (Å²) in [5.74, 6) is -0.808. The van der Waals surface area contributed by atoms with Crippen molar-refractivity contribution in [2.24, 2.45) is 20.5 Å². The number of alkyl carbamates (subject to hydrolysis) is 1. The van der Waals surface area contributed by atoms with Gasteiger partial charge >= 0.3 is 12.2 Å². The van der Waals surface area contributed by atoms with Gasteiger partial charge in [-0.25, -0.2) is 14.0 Å². The van der Waals surface area contributed by atoms with Crippen LogP contribution >= 0.6 is 0 Å². The smallest absolute Gasteiger partial charge is 0.410 e. The lowest BCUT2D eigenvalue weighted by Crippen LogP contribution is -2.75. The molecule has 35 heteroatoms. The van der Waals surface area contributed by atoms with E-state index in [0.29, 0.717) is 28.0 Å². The van der Waals surface area contributed by atoms with Crippen molar-refractivity contribution in [3.05, 3.63) is 179 Å². The van der Waals surface area contributed by atoms with Crippen molar-refractivity contribution in [3.8, 4) is 5.75 Å². The van der Waals surface area contributed by atoms with E-state index in [4.69, 9.17) is 57.6 Å². The zero-order chi connectivity index (χ0) is 68.0. The number of rotatable bonds is 30.